The highest BCUT2D eigenvalue weighted by Gasteiger charge is 2.00. The number of hydrogen-bond donors (Lipinski definition) is 0. The Morgan fingerprint density at radius 3 is 2.33 bits per heavy atom. The summed E-state index contributed by atoms with van der Waals surface area (Å²) in [5.74, 6) is 0.983. The van der Waals surface area contributed by atoms with Crippen molar-refractivity contribution < 1.29 is 4.74 Å². The molecule has 0 atom stereocenters. The van der Waals surface area contributed by atoms with E-state index in [2.05, 4.69) is 50.2 Å². The SMILES string of the molecule is CCCCCCCc1ccc2cc(OCCC)ccc2c1. The first-order valence-corrected chi connectivity index (χ1v) is 8.49. The molecule has 0 spiro atoms. The predicted octanol–water partition coefficient (Wildman–Crippen LogP) is 6.14. The number of rotatable bonds is 9. The van der Waals surface area contributed by atoms with E-state index >= 15 is 0 Å². The van der Waals surface area contributed by atoms with Crippen LogP contribution < -0.4 is 4.74 Å². The van der Waals surface area contributed by atoms with E-state index in [0.717, 1.165) is 18.8 Å². The van der Waals surface area contributed by atoms with Crippen LogP contribution >= 0.6 is 0 Å². The molecule has 2 rings (SSSR count). The van der Waals surface area contributed by atoms with Gasteiger partial charge in [0.05, 0.1) is 6.61 Å². The molecule has 0 amide bonds. The van der Waals surface area contributed by atoms with E-state index in [4.69, 9.17) is 4.74 Å². The van der Waals surface area contributed by atoms with Crippen LogP contribution in [0.3, 0.4) is 0 Å². The second kappa shape index (κ2) is 8.71. The number of hydrogen-bond acceptors (Lipinski definition) is 1. The molecule has 1 heteroatoms. The highest BCUT2D eigenvalue weighted by Crippen LogP contribution is 2.23. The number of unbranched alkanes of at least 4 members (excludes halogenated alkanes) is 4. The van der Waals surface area contributed by atoms with Crippen LogP contribution in [0, 0.1) is 0 Å². The van der Waals surface area contributed by atoms with E-state index in [1.807, 2.05) is 0 Å². The zero-order valence-electron chi connectivity index (χ0n) is 13.5. The van der Waals surface area contributed by atoms with Crippen LogP contribution in [0.5, 0.6) is 5.75 Å². The van der Waals surface area contributed by atoms with E-state index < -0.39 is 0 Å². The van der Waals surface area contributed by atoms with E-state index in [1.54, 1.807) is 0 Å². The van der Waals surface area contributed by atoms with Gasteiger partial charge in [-0.3, -0.25) is 0 Å². The van der Waals surface area contributed by atoms with E-state index in [9.17, 15) is 0 Å². The molecule has 0 aromatic heterocycles. The Morgan fingerprint density at radius 1 is 0.762 bits per heavy atom. The van der Waals surface area contributed by atoms with Gasteiger partial charge in [-0.1, -0.05) is 63.8 Å². The van der Waals surface area contributed by atoms with Gasteiger partial charge in [-0.15, -0.1) is 0 Å². The molecule has 2 aromatic carbocycles. The quantitative estimate of drug-likeness (QED) is 0.502. The van der Waals surface area contributed by atoms with Gasteiger partial charge in [-0.2, -0.15) is 0 Å². The highest BCUT2D eigenvalue weighted by molar-refractivity contribution is 5.84. The van der Waals surface area contributed by atoms with Crippen molar-refractivity contribution in [1.29, 1.82) is 0 Å². The topological polar surface area (TPSA) is 9.23 Å². The maximum Gasteiger partial charge on any atom is 0.119 e. The molecule has 1 nitrogen and oxygen atoms in total. The van der Waals surface area contributed by atoms with Crippen LogP contribution in [0.1, 0.15) is 57.9 Å². The second-order valence-electron chi connectivity index (χ2n) is 5.86. The Balaban J connectivity index is 1.95. The standard InChI is InChI=1S/C20H28O/c1-3-5-6-7-8-9-17-10-11-19-16-20(21-14-4-2)13-12-18(19)15-17/h10-13,15-16H,3-9,14H2,1-2H3. The first kappa shape index (κ1) is 15.9. The molecule has 0 aliphatic rings. The fraction of sp³-hybridized carbons (Fsp3) is 0.500. The molecule has 0 heterocycles. The van der Waals surface area contributed by atoms with Crippen LogP contribution in [0.15, 0.2) is 36.4 Å². The lowest BCUT2D eigenvalue weighted by atomic mass is 10.0. The lowest BCUT2D eigenvalue weighted by Gasteiger charge is -2.07. The zero-order chi connectivity index (χ0) is 14.9. The summed E-state index contributed by atoms with van der Waals surface area (Å²) in [5.41, 5.74) is 1.46. The highest BCUT2D eigenvalue weighted by atomic mass is 16.5. The molecular formula is C20H28O. The molecule has 114 valence electrons. The van der Waals surface area contributed by atoms with Gasteiger partial charge in [0.1, 0.15) is 5.75 Å². The Labute approximate surface area is 129 Å². The third-order valence-corrected chi connectivity index (χ3v) is 3.92. The van der Waals surface area contributed by atoms with Gasteiger partial charge in [0, 0.05) is 0 Å². The van der Waals surface area contributed by atoms with Crippen molar-refractivity contribution in [2.45, 2.75) is 58.8 Å². The summed E-state index contributed by atoms with van der Waals surface area (Å²) in [5, 5.41) is 2.60. The molecule has 0 unspecified atom stereocenters. The minimum absolute atomic E-state index is 0.793. The average Bonchev–Trinajstić information content (AvgIpc) is 2.52. The third-order valence-electron chi connectivity index (χ3n) is 3.92. The summed E-state index contributed by atoms with van der Waals surface area (Å²) >= 11 is 0. The van der Waals surface area contributed by atoms with Crippen molar-refractivity contribution in [1.82, 2.24) is 0 Å². The number of ether oxygens (including phenoxy) is 1. The monoisotopic (exact) mass is 284 g/mol. The van der Waals surface area contributed by atoms with Gasteiger partial charge in [0.25, 0.3) is 0 Å². The largest absolute Gasteiger partial charge is 0.494 e. The van der Waals surface area contributed by atoms with Crippen molar-refractivity contribution >= 4 is 10.8 Å². The molecule has 0 radical (unpaired) electrons. The van der Waals surface area contributed by atoms with Gasteiger partial charge >= 0.3 is 0 Å². The third kappa shape index (κ3) is 5.08. The van der Waals surface area contributed by atoms with Gasteiger partial charge in [0.15, 0.2) is 0 Å². The number of benzene rings is 2. The van der Waals surface area contributed by atoms with Crippen LogP contribution in [-0.4, -0.2) is 6.61 Å². The molecule has 0 bridgehead atoms. The minimum Gasteiger partial charge on any atom is -0.494 e. The smallest absolute Gasteiger partial charge is 0.119 e. The van der Waals surface area contributed by atoms with Crippen LogP contribution in [0.25, 0.3) is 10.8 Å². The Morgan fingerprint density at radius 2 is 1.52 bits per heavy atom. The normalized spacial score (nSPS) is 11.0. The summed E-state index contributed by atoms with van der Waals surface area (Å²) in [7, 11) is 0. The summed E-state index contributed by atoms with van der Waals surface area (Å²) in [6.45, 7) is 5.19. The zero-order valence-corrected chi connectivity index (χ0v) is 13.5. The van der Waals surface area contributed by atoms with Crippen molar-refractivity contribution in [3.8, 4) is 5.75 Å². The molecule has 0 aliphatic carbocycles. The summed E-state index contributed by atoms with van der Waals surface area (Å²) < 4.78 is 5.70. The molecule has 0 fully saturated rings. The lowest BCUT2D eigenvalue weighted by molar-refractivity contribution is 0.318. The van der Waals surface area contributed by atoms with E-state index in [-0.39, 0.29) is 0 Å². The van der Waals surface area contributed by atoms with Crippen molar-refractivity contribution in [3.63, 3.8) is 0 Å². The molecule has 2 aromatic rings. The Bertz CT molecular complexity index is 545. The maximum absolute atomic E-state index is 5.70. The number of aryl methyl sites for hydroxylation is 1. The van der Waals surface area contributed by atoms with Gasteiger partial charge in [-0.25, -0.2) is 0 Å². The molecule has 0 saturated heterocycles. The molecule has 0 N–H and O–H groups in total. The van der Waals surface area contributed by atoms with Gasteiger partial charge in [0.2, 0.25) is 0 Å². The number of fused-ring (bicyclic) bond motifs is 1. The predicted molar refractivity (Wildman–Crippen MR) is 92.2 cm³/mol. The van der Waals surface area contributed by atoms with Crippen LogP contribution in [-0.2, 0) is 6.42 Å². The Kier molecular flexibility index (Phi) is 6.59. The lowest BCUT2D eigenvalue weighted by Crippen LogP contribution is -1.94. The first-order chi connectivity index (χ1) is 10.3. The molecule has 0 aliphatic heterocycles. The van der Waals surface area contributed by atoms with Crippen molar-refractivity contribution in [2.75, 3.05) is 6.61 Å². The molecular weight excluding hydrogens is 256 g/mol. The van der Waals surface area contributed by atoms with E-state index in [1.165, 1.54) is 54.9 Å². The van der Waals surface area contributed by atoms with Gasteiger partial charge < -0.3 is 4.74 Å². The maximum atomic E-state index is 5.70. The van der Waals surface area contributed by atoms with Crippen LogP contribution in [0.4, 0.5) is 0 Å². The van der Waals surface area contributed by atoms with Gasteiger partial charge in [-0.05, 0) is 47.7 Å². The van der Waals surface area contributed by atoms with Crippen molar-refractivity contribution in [2.24, 2.45) is 0 Å². The fourth-order valence-electron chi connectivity index (χ4n) is 2.67. The Hall–Kier alpha value is -1.50. The van der Waals surface area contributed by atoms with E-state index in [0.29, 0.717) is 0 Å². The summed E-state index contributed by atoms with van der Waals surface area (Å²) in [6.07, 6.45) is 8.99. The summed E-state index contributed by atoms with van der Waals surface area (Å²) in [4.78, 5) is 0. The van der Waals surface area contributed by atoms with Crippen LogP contribution in [0.2, 0.25) is 0 Å². The first-order valence-electron chi connectivity index (χ1n) is 8.49. The fourth-order valence-corrected chi connectivity index (χ4v) is 2.67. The van der Waals surface area contributed by atoms with Crippen molar-refractivity contribution in [3.05, 3.63) is 42.0 Å². The molecule has 0 saturated carbocycles. The average molecular weight is 284 g/mol. The minimum atomic E-state index is 0.793. The summed E-state index contributed by atoms with van der Waals surface area (Å²) in [6, 6.07) is 13.2. The molecule has 21 heavy (non-hydrogen) atoms. The second-order valence-corrected chi connectivity index (χ2v) is 5.86.